The third-order valence-electron chi connectivity index (χ3n) is 3.96. The first-order chi connectivity index (χ1) is 11.2. The number of amidine groups is 1. The Morgan fingerprint density at radius 2 is 1.87 bits per heavy atom. The van der Waals surface area contributed by atoms with E-state index in [2.05, 4.69) is 15.5 Å². The van der Waals surface area contributed by atoms with Crippen LogP contribution in [0, 0.1) is 0 Å². The summed E-state index contributed by atoms with van der Waals surface area (Å²) in [7, 11) is 0. The first-order valence-corrected chi connectivity index (χ1v) is 8.79. The normalized spacial score (nSPS) is 23.0. The minimum atomic E-state index is -0.423. The molecule has 120 valence electrons. The van der Waals surface area contributed by atoms with Crippen LogP contribution in [0.25, 0.3) is 0 Å². The molecule has 1 aliphatic carbocycles. The van der Waals surface area contributed by atoms with Gasteiger partial charge < -0.3 is 5.32 Å². The predicted molar refractivity (Wildman–Crippen MR) is 92.9 cm³/mol. The first-order valence-electron chi connectivity index (χ1n) is 7.91. The number of nitrogens with zero attached hydrogens (tertiary/aromatic N) is 2. The molecule has 1 saturated carbocycles. The molecule has 3 rings (SSSR count). The van der Waals surface area contributed by atoms with Crippen molar-refractivity contribution in [2.24, 2.45) is 10.2 Å². The van der Waals surface area contributed by atoms with Gasteiger partial charge in [0.2, 0.25) is 5.91 Å². The molecule has 1 amide bonds. The Hall–Kier alpha value is -1.95. The molecule has 0 bridgehead atoms. The molecule has 23 heavy (non-hydrogen) atoms. The number of ketones is 1. The summed E-state index contributed by atoms with van der Waals surface area (Å²) in [6, 6.07) is 9.04. The van der Waals surface area contributed by atoms with Crippen LogP contribution in [-0.4, -0.2) is 27.8 Å². The summed E-state index contributed by atoms with van der Waals surface area (Å²) in [5.74, 6) is -0.194. The van der Waals surface area contributed by atoms with Crippen molar-refractivity contribution in [3.8, 4) is 0 Å². The van der Waals surface area contributed by atoms with Crippen LogP contribution in [0.3, 0.4) is 0 Å². The van der Waals surface area contributed by atoms with Crippen molar-refractivity contribution in [2.75, 3.05) is 0 Å². The maximum Gasteiger partial charge on any atom is 0.240 e. The predicted octanol–water partition coefficient (Wildman–Crippen LogP) is 3.17. The summed E-state index contributed by atoms with van der Waals surface area (Å²) >= 11 is 1.29. The summed E-state index contributed by atoms with van der Waals surface area (Å²) < 4.78 is 0. The summed E-state index contributed by atoms with van der Waals surface area (Å²) in [5, 5.41) is 11.2. The topological polar surface area (TPSA) is 70.9 Å². The SMILES string of the molecule is O=C(CC1S/C(=N/N=C2CCCCC2)NC1=O)c1ccccc1. The molecule has 1 heterocycles. The number of carbonyl (C=O) groups is 2. The van der Waals surface area contributed by atoms with E-state index in [0.29, 0.717) is 10.7 Å². The van der Waals surface area contributed by atoms with Gasteiger partial charge in [0.05, 0.1) is 5.25 Å². The van der Waals surface area contributed by atoms with Crippen molar-refractivity contribution in [1.29, 1.82) is 0 Å². The number of benzene rings is 1. The molecule has 1 aromatic carbocycles. The summed E-state index contributed by atoms with van der Waals surface area (Å²) in [4.78, 5) is 24.2. The van der Waals surface area contributed by atoms with E-state index in [4.69, 9.17) is 0 Å². The molecule has 6 heteroatoms. The van der Waals surface area contributed by atoms with Crippen molar-refractivity contribution in [2.45, 2.75) is 43.8 Å². The number of hydrogen-bond acceptors (Lipinski definition) is 5. The molecular formula is C17H19N3O2S. The molecule has 0 aromatic heterocycles. The van der Waals surface area contributed by atoms with Gasteiger partial charge in [-0.25, -0.2) is 0 Å². The number of nitrogens with one attached hydrogen (secondary N) is 1. The molecule has 1 aromatic rings. The molecule has 2 fully saturated rings. The van der Waals surface area contributed by atoms with E-state index >= 15 is 0 Å². The molecule has 2 aliphatic rings. The van der Waals surface area contributed by atoms with E-state index < -0.39 is 5.25 Å². The third kappa shape index (κ3) is 4.28. The van der Waals surface area contributed by atoms with Gasteiger partial charge >= 0.3 is 0 Å². The number of thioether (sulfide) groups is 1. The lowest BCUT2D eigenvalue weighted by molar-refractivity contribution is -0.118. The molecule has 1 unspecified atom stereocenters. The van der Waals surface area contributed by atoms with Crippen LogP contribution in [0.2, 0.25) is 0 Å². The molecule has 0 radical (unpaired) electrons. The fourth-order valence-corrected chi connectivity index (χ4v) is 3.59. The third-order valence-corrected chi connectivity index (χ3v) is 5.03. The summed E-state index contributed by atoms with van der Waals surface area (Å²) in [5.41, 5.74) is 1.73. The van der Waals surface area contributed by atoms with E-state index in [1.54, 1.807) is 12.1 Å². The van der Waals surface area contributed by atoms with Crippen LogP contribution in [0.4, 0.5) is 0 Å². The van der Waals surface area contributed by atoms with Gasteiger partial charge in [-0.3, -0.25) is 9.59 Å². The molecule has 1 aliphatic heterocycles. The zero-order valence-electron chi connectivity index (χ0n) is 12.8. The monoisotopic (exact) mass is 329 g/mol. The lowest BCUT2D eigenvalue weighted by Gasteiger charge is -2.10. The largest absolute Gasteiger partial charge is 0.303 e. The van der Waals surface area contributed by atoms with Crippen LogP contribution in [-0.2, 0) is 4.79 Å². The maximum absolute atomic E-state index is 12.2. The van der Waals surface area contributed by atoms with E-state index in [9.17, 15) is 9.59 Å². The molecule has 1 saturated heterocycles. The smallest absolute Gasteiger partial charge is 0.240 e. The van der Waals surface area contributed by atoms with E-state index in [1.807, 2.05) is 18.2 Å². The average Bonchev–Trinajstić information content (AvgIpc) is 2.94. The lowest BCUT2D eigenvalue weighted by Crippen LogP contribution is -2.26. The van der Waals surface area contributed by atoms with Gasteiger partial charge in [0, 0.05) is 17.7 Å². The second kappa shape index (κ2) is 7.55. The van der Waals surface area contributed by atoms with Crippen molar-refractivity contribution < 1.29 is 9.59 Å². The van der Waals surface area contributed by atoms with Crippen molar-refractivity contribution in [3.63, 3.8) is 0 Å². The minimum absolute atomic E-state index is 0.0295. The van der Waals surface area contributed by atoms with E-state index in [1.165, 1.54) is 18.2 Å². The average molecular weight is 329 g/mol. The van der Waals surface area contributed by atoms with Crippen LogP contribution >= 0.6 is 11.8 Å². The molecule has 0 spiro atoms. The maximum atomic E-state index is 12.2. The van der Waals surface area contributed by atoms with Gasteiger partial charge in [0.25, 0.3) is 0 Å². The number of carbonyl (C=O) groups excluding carboxylic acids is 2. The van der Waals surface area contributed by atoms with Crippen molar-refractivity contribution in [1.82, 2.24) is 5.32 Å². The fourth-order valence-electron chi connectivity index (χ4n) is 2.67. The van der Waals surface area contributed by atoms with Gasteiger partial charge in [-0.2, -0.15) is 5.10 Å². The van der Waals surface area contributed by atoms with Crippen molar-refractivity contribution >= 4 is 34.3 Å². The molecular weight excluding hydrogens is 310 g/mol. The van der Waals surface area contributed by atoms with Gasteiger partial charge in [-0.05, 0) is 25.7 Å². The zero-order chi connectivity index (χ0) is 16.1. The number of rotatable bonds is 4. The van der Waals surface area contributed by atoms with Gasteiger partial charge in [-0.1, -0.05) is 48.5 Å². The van der Waals surface area contributed by atoms with Crippen molar-refractivity contribution in [3.05, 3.63) is 35.9 Å². The fraction of sp³-hybridized carbons (Fsp3) is 0.412. The highest BCUT2D eigenvalue weighted by molar-refractivity contribution is 8.15. The Kier molecular flexibility index (Phi) is 5.23. The van der Waals surface area contributed by atoms with Gasteiger partial charge in [0.15, 0.2) is 11.0 Å². The minimum Gasteiger partial charge on any atom is -0.303 e. The van der Waals surface area contributed by atoms with Crippen LogP contribution in [0.1, 0.15) is 48.9 Å². The first kappa shape index (κ1) is 15.9. The zero-order valence-corrected chi connectivity index (χ0v) is 13.6. The Labute approximate surface area is 139 Å². The lowest BCUT2D eigenvalue weighted by atomic mass is 9.99. The Morgan fingerprint density at radius 1 is 1.13 bits per heavy atom. The van der Waals surface area contributed by atoms with E-state index in [-0.39, 0.29) is 18.1 Å². The van der Waals surface area contributed by atoms with Crippen LogP contribution in [0.15, 0.2) is 40.5 Å². The highest BCUT2D eigenvalue weighted by Crippen LogP contribution is 2.24. The summed E-state index contributed by atoms with van der Waals surface area (Å²) in [6.07, 6.45) is 5.74. The van der Waals surface area contributed by atoms with E-state index in [0.717, 1.165) is 31.4 Å². The second-order valence-electron chi connectivity index (χ2n) is 5.72. The Bertz CT molecular complexity index is 647. The quantitative estimate of drug-likeness (QED) is 0.681. The van der Waals surface area contributed by atoms with Crippen LogP contribution in [0.5, 0.6) is 0 Å². The summed E-state index contributed by atoms with van der Waals surface area (Å²) in [6.45, 7) is 0. The molecule has 1 atom stereocenters. The Morgan fingerprint density at radius 3 is 2.61 bits per heavy atom. The number of hydrogen-bond donors (Lipinski definition) is 1. The van der Waals surface area contributed by atoms with Crippen LogP contribution < -0.4 is 5.32 Å². The highest BCUT2D eigenvalue weighted by atomic mass is 32.2. The second-order valence-corrected chi connectivity index (χ2v) is 6.91. The molecule has 1 N–H and O–H groups in total. The van der Waals surface area contributed by atoms with Gasteiger partial charge in [-0.15, -0.1) is 5.10 Å². The standard InChI is InChI=1S/C17H19N3O2S/c21-14(12-7-3-1-4-8-12)11-15-16(22)18-17(23-15)20-19-13-9-5-2-6-10-13/h1,3-4,7-8,15H,2,5-6,9-11H2,(H,18,20,22). The number of amides is 1. The highest BCUT2D eigenvalue weighted by Gasteiger charge is 2.32. The Balaban J connectivity index is 1.60. The molecule has 5 nitrogen and oxygen atoms in total. The van der Waals surface area contributed by atoms with Gasteiger partial charge in [0.1, 0.15) is 0 Å². The number of Topliss-reactive ketones (excluding diaryl/α,β-unsaturated/α-hetero) is 1.